The minimum absolute atomic E-state index is 0. The van der Waals surface area contributed by atoms with Crippen LogP contribution in [-0.4, -0.2) is 24.4 Å². The van der Waals surface area contributed by atoms with Crippen molar-refractivity contribution in [1.29, 1.82) is 0 Å². The molecule has 0 N–H and O–H groups in total. The van der Waals surface area contributed by atoms with Crippen LogP contribution in [0.3, 0.4) is 0 Å². The maximum absolute atomic E-state index is 9.81. The molecule has 1 aliphatic heterocycles. The van der Waals surface area contributed by atoms with Crippen molar-refractivity contribution in [3.8, 4) is 0 Å². The molecule has 0 unspecified atom stereocenters. The van der Waals surface area contributed by atoms with Crippen LogP contribution in [0, 0.1) is 0 Å². The fraction of sp³-hybridized carbons (Fsp3) is 0.500. The molecule has 0 aliphatic carbocycles. The van der Waals surface area contributed by atoms with Crippen LogP contribution in [0.4, 0.5) is 0 Å². The lowest BCUT2D eigenvalue weighted by atomic mass is 11.0. The highest BCUT2D eigenvalue weighted by atomic mass is 16.2. The summed E-state index contributed by atoms with van der Waals surface area (Å²) in [5.74, 6) is 0.255. The van der Waals surface area contributed by atoms with E-state index in [1.807, 2.05) is 0 Å². The highest BCUT2D eigenvalue weighted by molar-refractivity contribution is 5.91. The summed E-state index contributed by atoms with van der Waals surface area (Å²) in [6.45, 7) is 6.67. The Morgan fingerprint density at radius 2 is 1.75 bits per heavy atom. The normalized spacial score (nSPS) is 13.1. The van der Waals surface area contributed by atoms with E-state index in [1.165, 1.54) is 0 Å². The van der Waals surface area contributed by atoms with Crippen LogP contribution < -0.4 is 0 Å². The molecular formula is C6H13NO. The van der Waals surface area contributed by atoms with Crippen molar-refractivity contribution in [2.24, 2.45) is 0 Å². The number of amides is 1. The molecule has 0 bridgehead atoms. The molecule has 0 aromatic rings. The summed E-state index contributed by atoms with van der Waals surface area (Å²) in [7, 11) is 1.78. The lowest BCUT2D eigenvalue weighted by Crippen LogP contribution is -1.80. The Labute approximate surface area is 50.8 Å². The number of rotatable bonds is 0. The third-order valence-electron chi connectivity index (χ3n) is 0.695. The van der Waals surface area contributed by atoms with E-state index in [1.54, 1.807) is 11.9 Å². The summed E-state index contributed by atoms with van der Waals surface area (Å²) in [6.07, 6.45) is 0. The highest BCUT2D eigenvalue weighted by Gasteiger charge is 2.23. The van der Waals surface area contributed by atoms with Gasteiger partial charge in [-0.05, 0) is 0 Å². The molecule has 1 saturated heterocycles. The molecule has 0 saturated carbocycles. The van der Waals surface area contributed by atoms with E-state index < -0.39 is 0 Å². The maximum Gasteiger partial charge on any atom is 0.242 e. The van der Waals surface area contributed by atoms with Gasteiger partial charge in [0.1, 0.15) is 0 Å². The number of likely N-dealkylation sites (N-methyl/N-ethyl adjacent to an activating group) is 1. The molecule has 0 radical (unpaired) electrons. The second kappa shape index (κ2) is 4.37. The van der Waals surface area contributed by atoms with Crippen molar-refractivity contribution >= 4 is 5.91 Å². The van der Waals surface area contributed by atoms with Crippen LogP contribution >= 0.6 is 0 Å². The quantitative estimate of drug-likeness (QED) is 0.339. The number of hydrogen-bond acceptors (Lipinski definition) is 1. The smallest absolute Gasteiger partial charge is 0.242 e. The van der Waals surface area contributed by atoms with E-state index >= 15 is 0 Å². The van der Waals surface area contributed by atoms with Crippen molar-refractivity contribution < 1.29 is 4.79 Å². The number of nitrogens with zero attached hydrogens (tertiary/aromatic N) is 1. The number of carbonyl (C=O) groups is 1. The van der Waals surface area contributed by atoms with E-state index in [0.29, 0.717) is 6.54 Å². The van der Waals surface area contributed by atoms with E-state index in [9.17, 15) is 4.79 Å². The molecule has 1 rings (SSSR count). The van der Waals surface area contributed by atoms with Crippen molar-refractivity contribution in [3.63, 3.8) is 0 Å². The van der Waals surface area contributed by atoms with E-state index in [4.69, 9.17) is 0 Å². The average Bonchev–Trinajstić information content (AvgIpc) is 2.27. The lowest BCUT2D eigenvalue weighted by Gasteiger charge is -1.68. The molecule has 0 aromatic heterocycles. The maximum atomic E-state index is 9.81. The van der Waals surface area contributed by atoms with Crippen molar-refractivity contribution in [1.82, 2.24) is 4.90 Å². The fourth-order valence-electron chi connectivity index (χ4n) is 0.168. The van der Waals surface area contributed by atoms with Gasteiger partial charge in [-0.3, -0.25) is 4.79 Å². The molecular weight excluding hydrogens is 102 g/mol. The van der Waals surface area contributed by atoms with Gasteiger partial charge in [-0.15, -0.1) is 13.2 Å². The summed E-state index contributed by atoms with van der Waals surface area (Å²) >= 11 is 0. The van der Waals surface area contributed by atoms with Gasteiger partial charge in [0.05, 0.1) is 6.54 Å². The standard InChI is InChI=1S/C3H5NO.C2H4.CH4/c1-4-2-3(4)5;1-2;/h2H2,1H3;1-2H2;1H4. The Kier molecular flexibility index (Phi) is 5.60. The van der Waals surface area contributed by atoms with Gasteiger partial charge in [0.25, 0.3) is 0 Å². The Hall–Kier alpha value is -0.790. The first-order chi connectivity index (χ1) is 3.30. The van der Waals surface area contributed by atoms with E-state index in [2.05, 4.69) is 13.2 Å². The Morgan fingerprint density at radius 1 is 1.62 bits per heavy atom. The minimum atomic E-state index is 0. The Bertz CT molecular complexity index is 80.6. The van der Waals surface area contributed by atoms with Gasteiger partial charge in [0.15, 0.2) is 0 Å². The van der Waals surface area contributed by atoms with Crippen molar-refractivity contribution in [3.05, 3.63) is 13.2 Å². The van der Waals surface area contributed by atoms with Crippen LogP contribution in [0.25, 0.3) is 0 Å². The molecule has 0 atom stereocenters. The summed E-state index contributed by atoms with van der Waals surface area (Å²) in [6, 6.07) is 0. The zero-order valence-corrected chi connectivity index (χ0v) is 4.48. The summed E-state index contributed by atoms with van der Waals surface area (Å²) < 4.78 is 0. The SMILES string of the molecule is C.C=C.CN1CC1=O. The predicted octanol–water partition coefficient (Wildman–Crippen LogP) is 0.897. The predicted molar refractivity (Wildman–Crippen MR) is 35.6 cm³/mol. The molecule has 1 fully saturated rings. The molecule has 2 nitrogen and oxygen atoms in total. The third kappa shape index (κ3) is 3.40. The van der Waals surface area contributed by atoms with Gasteiger partial charge < -0.3 is 4.90 Å². The number of carbonyl (C=O) groups excluding carboxylic acids is 1. The molecule has 1 aliphatic rings. The zero-order chi connectivity index (χ0) is 5.86. The number of hydrogen-bond donors (Lipinski definition) is 0. The first kappa shape index (κ1) is 10.2. The topological polar surface area (TPSA) is 20.1 Å². The molecule has 0 spiro atoms. The van der Waals surface area contributed by atoms with Gasteiger partial charge in [0.2, 0.25) is 5.91 Å². The summed E-state index contributed by atoms with van der Waals surface area (Å²) in [5, 5.41) is 0. The van der Waals surface area contributed by atoms with Crippen LogP contribution in [0.5, 0.6) is 0 Å². The molecule has 1 amide bonds. The second-order valence-corrected chi connectivity index (χ2v) is 1.25. The van der Waals surface area contributed by atoms with Gasteiger partial charge in [-0.2, -0.15) is 0 Å². The molecule has 2 heteroatoms. The van der Waals surface area contributed by atoms with Crippen molar-refractivity contribution in [2.75, 3.05) is 13.6 Å². The van der Waals surface area contributed by atoms with Gasteiger partial charge >= 0.3 is 0 Å². The van der Waals surface area contributed by atoms with Crippen LogP contribution in [0.2, 0.25) is 0 Å². The third-order valence-corrected chi connectivity index (χ3v) is 0.695. The van der Waals surface area contributed by atoms with Crippen LogP contribution in [0.15, 0.2) is 13.2 Å². The van der Waals surface area contributed by atoms with Gasteiger partial charge in [-0.25, -0.2) is 0 Å². The van der Waals surface area contributed by atoms with Gasteiger partial charge in [0, 0.05) is 7.05 Å². The zero-order valence-electron chi connectivity index (χ0n) is 4.48. The summed E-state index contributed by atoms with van der Waals surface area (Å²) in [5.41, 5.74) is 0. The van der Waals surface area contributed by atoms with E-state index in [-0.39, 0.29) is 13.3 Å². The average molecular weight is 115 g/mol. The Morgan fingerprint density at radius 3 is 1.75 bits per heavy atom. The van der Waals surface area contributed by atoms with E-state index in [0.717, 1.165) is 0 Å². The van der Waals surface area contributed by atoms with Crippen LogP contribution in [-0.2, 0) is 4.79 Å². The largest absolute Gasteiger partial charge is 0.335 e. The lowest BCUT2D eigenvalue weighted by molar-refractivity contribution is -0.113. The van der Waals surface area contributed by atoms with Crippen molar-refractivity contribution in [2.45, 2.75) is 7.43 Å². The first-order valence-electron chi connectivity index (χ1n) is 2.04. The summed E-state index contributed by atoms with van der Waals surface area (Å²) in [4.78, 5) is 11.5. The first-order valence-corrected chi connectivity index (χ1v) is 2.04. The Balaban J connectivity index is 0. The van der Waals surface area contributed by atoms with Gasteiger partial charge in [-0.1, -0.05) is 7.43 Å². The molecule has 48 valence electrons. The van der Waals surface area contributed by atoms with Crippen LogP contribution in [0.1, 0.15) is 7.43 Å². The second-order valence-electron chi connectivity index (χ2n) is 1.25. The fourth-order valence-corrected chi connectivity index (χ4v) is 0.168. The highest BCUT2D eigenvalue weighted by Crippen LogP contribution is 1.97. The molecule has 8 heavy (non-hydrogen) atoms. The molecule has 1 heterocycles. The minimum Gasteiger partial charge on any atom is -0.335 e. The monoisotopic (exact) mass is 115 g/mol. The molecule has 0 aromatic carbocycles.